The number of allylic oxidation sites excluding steroid dienone is 2. The molecule has 4 aliphatic carbocycles. The third kappa shape index (κ3) is 3.08. The van der Waals surface area contributed by atoms with Gasteiger partial charge in [-0.05, 0) is 68.2 Å². The smallest absolute Gasteiger partial charge is 0.338 e. The lowest BCUT2D eigenvalue weighted by atomic mass is 9.63. The van der Waals surface area contributed by atoms with Crippen molar-refractivity contribution in [3.05, 3.63) is 77.4 Å². The van der Waals surface area contributed by atoms with E-state index in [1.807, 2.05) is 19.1 Å². The van der Waals surface area contributed by atoms with Gasteiger partial charge in [-0.1, -0.05) is 42.0 Å². The first-order valence-corrected chi connectivity index (χ1v) is 11.8. The largest absolute Gasteiger partial charge is 0.451 e. The normalized spacial score (nSPS) is 31.2. The summed E-state index contributed by atoms with van der Waals surface area (Å²) in [5.74, 6) is -0.249. The number of ether oxygens (including phenoxy) is 1. The van der Waals surface area contributed by atoms with Gasteiger partial charge in [0.2, 0.25) is 17.6 Å². The number of carbonyl (C=O) groups excluding carboxylic acids is 4. The Balaban J connectivity index is 1.16. The number of carbonyl (C=O) groups is 4. The minimum Gasteiger partial charge on any atom is -0.451 e. The quantitative estimate of drug-likeness (QED) is 0.295. The number of aryl methyl sites for hydroxylation is 1. The zero-order valence-corrected chi connectivity index (χ0v) is 19.0. The zero-order chi connectivity index (χ0) is 23.7. The summed E-state index contributed by atoms with van der Waals surface area (Å²) < 4.78 is 5.38. The molecule has 0 N–H and O–H groups in total. The van der Waals surface area contributed by atoms with E-state index in [0.717, 1.165) is 12.0 Å². The highest BCUT2D eigenvalue weighted by molar-refractivity contribution is 6.22. The summed E-state index contributed by atoms with van der Waals surface area (Å²) >= 11 is 0. The van der Waals surface area contributed by atoms with Crippen LogP contribution in [0.3, 0.4) is 0 Å². The van der Waals surface area contributed by atoms with E-state index < -0.39 is 12.1 Å². The van der Waals surface area contributed by atoms with E-state index in [4.69, 9.17) is 4.74 Å². The topological polar surface area (TPSA) is 80.8 Å². The van der Waals surface area contributed by atoms with Crippen LogP contribution < -0.4 is 4.90 Å². The molecule has 2 bridgehead atoms. The van der Waals surface area contributed by atoms with Gasteiger partial charge >= 0.3 is 5.97 Å². The Bertz CT molecular complexity index is 1210. The van der Waals surface area contributed by atoms with Gasteiger partial charge in [0.1, 0.15) is 0 Å². The molecular weight excluding hydrogens is 430 g/mol. The molecule has 1 aliphatic heterocycles. The summed E-state index contributed by atoms with van der Waals surface area (Å²) in [6.07, 6.45) is 4.48. The maximum Gasteiger partial charge on any atom is 0.338 e. The second-order valence-corrected chi connectivity index (χ2v) is 9.99. The molecule has 5 aliphatic rings. The molecule has 1 heterocycles. The molecule has 2 amide bonds. The van der Waals surface area contributed by atoms with Crippen molar-refractivity contribution in [2.24, 2.45) is 35.5 Å². The molecule has 1 saturated heterocycles. The van der Waals surface area contributed by atoms with E-state index in [-0.39, 0.29) is 46.8 Å². The lowest BCUT2D eigenvalue weighted by Crippen LogP contribution is -2.40. The van der Waals surface area contributed by atoms with Crippen LogP contribution in [-0.2, 0) is 14.3 Å². The first-order valence-electron chi connectivity index (χ1n) is 11.8. The van der Waals surface area contributed by atoms with Crippen LogP contribution in [0.1, 0.15) is 39.6 Å². The second kappa shape index (κ2) is 7.49. The number of amides is 2. The summed E-state index contributed by atoms with van der Waals surface area (Å²) in [4.78, 5) is 53.0. The van der Waals surface area contributed by atoms with Gasteiger partial charge in [-0.25, -0.2) is 4.79 Å². The summed E-state index contributed by atoms with van der Waals surface area (Å²) in [6.45, 7) is 3.48. The molecule has 7 rings (SSSR count). The lowest BCUT2D eigenvalue weighted by molar-refractivity contribution is -0.124. The average molecular weight is 456 g/mol. The highest BCUT2D eigenvalue weighted by Crippen LogP contribution is 2.65. The van der Waals surface area contributed by atoms with Gasteiger partial charge in [0.15, 0.2) is 6.10 Å². The fraction of sp³-hybridized carbons (Fsp3) is 0.357. The molecule has 34 heavy (non-hydrogen) atoms. The van der Waals surface area contributed by atoms with E-state index in [2.05, 4.69) is 12.2 Å². The molecule has 0 unspecified atom stereocenters. The Morgan fingerprint density at radius 3 is 1.94 bits per heavy atom. The molecule has 6 heteroatoms. The van der Waals surface area contributed by atoms with Gasteiger partial charge in [-0.15, -0.1) is 0 Å². The van der Waals surface area contributed by atoms with Crippen molar-refractivity contribution in [3.8, 4) is 0 Å². The zero-order valence-electron chi connectivity index (χ0n) is 19.0. The van der Waals surface area contributed by atoms with Gasteiger partial charge in [0.25, 0.3) is 0 Å². The predicted octanol–water partition coefficient (Wildman–Crippen LogP) is 3.98. The molecule has 2 aromatic carbocycles. The Morgan fingerprint density at radius 2 is 1.38 bits per heavy atom. The second-order valence-electron chi connectivity index (χ2n) is 9.99. The molecule has 0 aromatic heterocycles. The van der Waals surface area contributed by atoms with Gasteiger partial charge < -0.3 is 4.74 Å². The standard InChI is InChI=1S/C28H25NO5/c1-14-3-5-16(6-4-14)25(30)15(2)34-28(33)17-7-9-18(10-8-17)29-26(31)23-19-11-12-20(22-13-21(19)22)24(23)27(29)32/h3-12,15,19-24H,13H2,1-2H3/t15-,19-,20-,21-,22-,23-,24+/m0/s1. The van der Waals surface area contributed by atoms with Crippen LogP contribution in [0.25, 0.3) is 0 Å². The molecule has 172 valence electrons. The maximum absolute atomic E-state index is 13.2. The molecule has 0 spiro atoms. The molecule has 6 nitrogen and oxygen atoms in total. The van der Waals surface area contributed by atoms with Crippen molar-refractivity contribution in [1.29, 1.82) is 0 Å². The van der Waals surface area contributed by atoms with Crippen molar-refractivity contribution >= 4 is 29.3 Å². The summed E-state index contributed by atoms with van der Waals surface area (Å²) in [6, 6.07) is 13.4. The van der Waals surface area contributed by atoms with E-state index in [1.165, 1.54) is 17.0 Å². The average Bonchev–Trinajstić information content (AvgIpc) is 3.62. The van der Waals surface area contributed by atoms with E-state index in [9.17, 15) is 19.2 Å². The number of Topliss-reactive ketones (excluding diaryl/α,β-unsaturated/α-hetero) is 1. The minimum absolute atomic E-state index is 0.132. The van der Waals surface area contributed by atoms with Crippen LogP contribution in [0.2, 0.25) is 0 Å². The fourth-order valence-corrected chi connectivity index (χ4v) is 6.19. The predicted molar refractivity (Wildman–Crippen MR) is 124 cm³/mol. The molecular formula is C28H25NO5. The fourth-order valence-electron chi connectivity index (χ4n) is 6.19. The third-order valence-corrected chi connectivity index (χ3v) is 8.01. The Morgan fingerprint density at radius 1 is 0.853 bits per heavy atom. The van der Waals surface area contributed by atoms with Crippen LogP contribution in [0.15, 0.2) is 60.7 Å². The number of hydrogen-bond donors (Lipinski definition) is 0. The van der Waals surface area contributed by atoms with E-state index >= 15 is 0 Å². The number of esters is 1. The Kier molecular flexibility index (Phi) is 4.63. The lowest BCUT2D eigenvalue weighted by Gasteiger charge is -2.37. The molecule has 2 aromatic rings. The minimum atomic E-state index is -0.936. The third-order valence-electron chi connectivity index (χ3n) is 8.01. The van der Waals surface area contributed by atoms with Crippen molar-refractivity contribution in [2.75, 3.05) is 4.90 Å². The van der Waals surface area contributed by atoms with Crippen LogP contribution in [0.5, 0.6) is 0 Å². The van der Waals surface area contributed by atoms with Crippen molar-refractivity contribution in [3.63, 3.8) is 0 Å². The summed E-state index contributed by atoms with van der Waals surface area (Å²) in [5, 5.41) is 0. The number of hydrogen-bond acceptors (Lipinski definition) is 5. The number of nitrogens with zero attached hydrogens (tertiary/aromatic N) is 1. The van der Waals surface area contributed by atoms with Crippen LogP contribution in [0, 0.1) is 42.4 Å². The molecule has 2 saturated carbocycles. The van der Waals surface area contributed by atoms with Gasteiger partial charge in [0.05, 0.1) is 23.1 Å². The van der Waals surface area contributed by atoms with Crippen LogP contribution >= 0.6 is 0 Å². The highest BCUT2D eigenvalue weighted by Gasteiger charge is 2.67. The SMILES string of the molecule is Cc1ccc(C(=O)[C@H](C)OC(=O)c2ccc(N3C(=O)[C@@H]4[C@H]5C=C[C@@H]([C@@H]6C[C@@H]56)[C@@H]4C3=O)cc2)cc1. The first kappa shape index (κ1) is 21.0. The summed E-state index contributed by atoms with van der Waals surface area (Å²) in [5.41, 5.74) is 2.25. The molecule has 0 radical (unpaired) electrons. The van der Waals surface area contributed by atoms with Gasteiger partial charge in [-0.2, -0.15) is 0 Å². The Hall–Kier alpha value is -3.54. The van der Waals surface area contributed by atoms with Crippen molar-refractivity contribution in [1.82, 2.24) is 0 Å². The number of imide groups is 1. The van der Waals surface area contributed by atoms with Gasteiger partial charge in [0, 0.05) is 5.56 Å². The number of benzene rings is 2. The Labute approximate surface area is 197 Å². The van der Waals surface area contributed by atoms with E-state index in [1.54, 1.807) is 31.2 Å². The first-order chi connectivity index (χ1) is 16.3. The van der Waals surface area contributed by atoms with Crippen LogP contribution in [0.4, 0.5) is 5.69 Å². The van der Waals surface area contributed by atoms with Gasteiger partial charge in [-0.3, -0.25) is 19.3 Å². The molecule has 3 fully saturated rings. The number of ketones is 1. The van der Waals surface area contributed by atoms with Crippen molar-refractivity contribution in [2.45, 2.75) is 26.4 Å². The van der Waals surface area contributed by atoms with Crippen LogP contribution in [-0.4, -0.2) is 29.7 Å². The summed E-state index contributed by atoms with van der Waals surface area (Å²) in [7, 11) is 0. The van der Waals surface area contributed by atoms with E-state index in [0.29, 0.717) is 23.1 Å². The maximum atomic E-state index is 13.2. The number of rotatable bonds is 5. The highest BCUT2D eigenvalue weighted by atomic mass is 16.5. The van der Waals surface area contributed by atoms with Crippen molar-refractivity contribution < 1.29 is 23.9 Å². The monoisotopic (exact) mass is 455 g/mol. The molecule has 7 atom stereocenters. The number of anilines is 1.